The average Bonchev–Trinajstić information content (AvgIpc) is 2.46. The molecule has 7 heteroatoms. The molecule has 0 aromatic heterocycles. The van der Waals surface area contributed by atoms with Crippen LogP contribution in [0.15, 0.2) is 16.6 Å². The Labute approximate surface area is 145 Å². The quantitative estimate of drug-likeness (QED) is 0.854. The van der Waals surface area contributed by atoms with Gasteiger partial charge in [-0.15, -0.1) is 12.4 Å². The Morgan fingerprint density at radius 3 is 2.64 bits per heavy atom. The van der Waals surface area contributed by atoms with Crippen molar-refractivity contribution in [2.45, 2.75) is 13.8 Å². The van der Waals surface area contributed by atoms with Crippen molar-refractivity contribution in [1.82, 2.24) is 4.90 Å². The maximum absolute atomic E-state index is 12.5. The lowest BCUT2D eigenvalue weighted by Crippen LogP contribution is -2.39. The van der Waals surface area contributed by atoms with Crippen LogP contribution in [0.4, 0.5) is 0 Å². The molecule has 0 saturated heterocycles. The van der Waals surface area contributed by atoms with Gasteiger partial charge in [0.05, 0.1) is 4.47 Å². The number of benzene rings is 1. The van der Waals surface area contributed by atoms with Crippen LogP contribution in [-0.4, -0.2) is 44.2 Å². The van der Waals surface area contributed by atoms with Gasteiger partial charge in [0.15, 0.2) is 11.5 Å². The van der Waals surface area contributed by atoms with Gasteiger partial charge in [0.2, 0.25) is 0 Å². The van der Waals surface area contributed by atoms with Crippen molar-refractivity contribution in [3.63, 3.8) is 0 Å². The zero-order valence-corrected chi connectivity index (χ0v) is 15.4. The van der Waals surface area contributed by atoms with Crippen molar-refractivity contribution in [3.05, 3.63) is 22.2 Å². The summed E-state index contributed by atoms with van der Waals surface area (Å²) in [7, 11) is 1.78. The molecule has 1 aromatic rings. The van der Waals surface area contributed by atoms with Gasteiger partial charge in [-0.05, 0) is 40.0 Å². The van der Waals surface area contributed by atoms with Gasteiger partial charge in [0.1, 0.15) is 13.2 Å². The maximum atomic E-state index is 12.5. The Kier molecular flexibility index (Phi) is 6.52. The molecule has 0 spiro atoms. The smallest absolute Gasteiger partial charge is 0.253 e. The van der Waals surface area contributed by atoms with Crippen LogP contribution in [-0.2, 0) is 0 Å². The van der Waals surface area contributed by atoms with E-state index in [9.17, 15) is 4.79 Å². The van der Waals surface area contributed by atoms with Crippen molar-refractivity contribution in [1.29, 1.82) is 0 Å². The zero-order chi connectivity index (χ0) is 15.6. The second kappa shape index (κ2) is 7.53. The molecule has 0 aliphatic carbocycles. The van der Waals surface area contributed by atoms with E-state index in [4.69, 9.17) is 15.2 Å². The van der Waals surface area contributed by atoms with Gasteiger partial charge in [-0.3, -0.25) is 4.79 Å². The fourth-order valence-corrected chi connectivity index (χ4v) is 2.79. The number of carbonyl (C=O) groups is 1. The molecule has 2 N–H and O–H groups in total. The number of rotatable bonds is 4. The topological polar surface area (TPSA) is 64.8 Å². The number of hydrogen-bond acceptors (Lipinski definition) is 4. The summed E-state index contributed by atoms with van der Waals surface area (Å²) >= 11 is 3.43. The number of fused-ring (bicyclic) bond motifs is 1. The highest BCUT2D eigenvalue weighted by molar-refractivity contribution is 9.10. The van der Waals surface area contributed by atoms with Gasteiger partial charge >= 0.3 is 0 Å². The van der Waals surface area contributed by atoms with Crippen molar-refractivity contribution >= 4 is 34.2 Å². The van der Waals surface area contributed by atoms with Gasteiger partial charge in [0, 0.05) is 19.2 Å². The Balaban J connectivity index is 0.00000242. The third-order valence-electron chi connectivity index (χ3n) is 3.41. The Bertz CT molecular complexity index is 552. The summed E-state index contributed by atoms with van der Waals surface area (Å²) in [6.07, 6.45) is 0. The van der Waals surface area contributed by atoms with Crippen LogP contribution in [0.3, 0.4) is 0 Å². The van der Waals surface area contributed by atoms with E-state index in [-0.39, 0.29) is 23.7 Å². The number of nitrogens with two attached hydrogens (primary N) is 1. The van der Waals surface area contributed by atoms with Crippen LogP contribution in [0.25, 0.3) is 0 Å². The molecule has 2 rings (SSSR count). The van der Waals surface area contributed by atoms with E-state index in [1.807, 2.05) is 13.8 Å². The summed E-state index contributed by atoms with van der Waals surface area (Å²) in [5.41, 5.74) is 6.18. The number of halogens is 2. The summed E-state index contributed by atoms with van der Waals surface area (Å²) in [4.78, 5) is 14.2. The van der Waals surface area contributed by atoms with Gasteiger partial charge in [-0.1, -0.05) is 13.8 Å². The summed E-state index contributed by atoms with van der Waals surface area (Å²) in [5.74, 6) is 1.20. The number of amides is 1. The lowest BCUT2D eigenvalue weighted by Gasteiger charge is -2.29. The Morgan fingerprint density at radius 2 is 2.00 bits per heavy atom. The van der Waals surface area contributed by atoms with E-state index >= 15 is 0 Å². The lowest BCUT2D eigenvalue weighted by molar-refractivity contribution is 0.0739. The molecule has 1 amide bonds. The van der Waals surface area contributed by atoms with Crippen molar-refractivity contribution < 1.29 is 14.3 Å². The van der Waals surface area contributed by atoms with Crippen LogP contribution in [0.1, 0.15) is 24.2 Å². The molecular weight excluding hydrogens is 372 g/mol. The van der Waals surface area contributed by atoms with Crippen LogP contribution >= 0.6 is 28.3 Å². The summed E-state index contributed by atoms with van der Waals surface area (Å²) in [6.45, 7) is 6.20. The molecule has 0 radical (unpaired) electrons. The second-order valence-electron chi connectivity index (χ2n) is 6.01. The van der Waals surface area contributed by atoms with E-state index in [0.29, 0.717) is 43.4 Å². The molecule has 5 nitrogen and oxygen atoms in total. The molecule has 1 aliphatic rings. The molecule has 1 aromatic carbocycles. The molecule has 0 atom stereocenters. The van der Waals surface area contributed by atoms with Crippen molar-refractivity contribution in [2.75, 3.05) is 33.4 Å². The molecule has 0 bridgehead atoms. The van der Waals surface area contributed by atoms with Gasteiger partial charge < -0.3 is 20.1 Å². The fourth-order valence-electron chi connectivity index (χ4n) is 2.23. The first-order chi connectivity index (χ1) is 9.84. The van der Waals surface area contributed by atoms with Crippen molar-refractivity contribution in [2.24, 2.45) is 11.1 Å². The normalized spacial score (nSPS) is 13.3. The second-order valence-corrected chi connectivity index (χ2v) is 6.87. The molecule has 124 valence electrons. The zero-order valence-electron chi connectivity index (χ0n) is 13.0. The minimum absolute atomic E-state index is 0. The predicted octanol–water partition coefficient (Wildman–Crippen LogP) is 2.70. The molecule has 0 unspecified atom stereocenters. The highest BCUT2D eigenvalue weighted by Crippen LogP contribution is 2.38. The minimum atomic E-state index is -0.116. The van der Waals surface area contributed by atoms with Crippen LogP contribution < -0.4 is 15.2 Å². The summed E-state index contributed by atoms with van der Waals surface area (Å²) in [6, 6.07) is 3.50. The minimum Gasteiger partial charge on any atom is -0.486 e. The highest BCUT2D eigenvalue weighted by Gasteiger charge is 2.24. The molecule has 1 aliphatic heterocycles. The third-order valence-corrected chi connectivity index (χ3v) is 4.00. The Morgan fingerprint density at radius 1 is 1.36 bits per heavy atom. The van der Waals surface area contributed by atoms with Gasteiger partial charge in [0.25, 0.3) is 5.91 Å². The van der Waals surface area contributed by atoms with Crippen LogP contribution in [0.2, 0.25) is 0 Å². The van der Waals surface area contributed by atoms with Crippen LogP contribution in [0, 0.1) is 5.41 Å². The van der Waals surface area contributed by atoms with Gasteiger partial charge in [-0.25, -0.2) is 0 Å². The van der Waals surface area contributed by atoms with Crippen molar-refractivity contribution in [3.8, 4) is 11.5 Å². The molecule has 0 fully saturated rings. The van der Waals surface area contributed by atoms with E-state index < -0.39 is 0 Å². The average molecular weight is 394 g/mol. The number of hydrogen-bond donors (Lipinski definition) is 1. The number of carbonyl (C=O) groups excluding carboxylic acids is 1. The summed E-state index contributed by atoms with van der Waals surface area (Å²) in [5, 5.41) is 0. The van der Waals surface area contributed by atoms with E-state index in [0.717, 1.165) is 4.47 Å². The largest absolute Gasteiger partial charge is 0.486 e. The highest BCUT2D eigenvalue weighted by atomic mass is 79.9. The first kappa shape index (κ1) is 19.1. The molecular formula is C15H22BrClN2O3. The SMILES string of the molecule is CN(CC(C)(C)CN)C(=O)c1cc(Br)c2c(c1)OCCO2.Cl. The van der Waals surface area contributed by atoms with E-state index in [1.54, 1.807) is 24.1 Å². The predicted molar refractivity (Wildman–Crippen MR) is 92.2 cm³/mol. The van der Waals surface area contributed by atoms with Gasteiger partial charge in [-0.2, -0.15) is 0 Å². The van der Waals surface area contributed by atoms with E-state index in [1.165, 1.54) is 0 Å². The first-order valence-electron chi connectivity index (χ1n) is 6.89. The van der Waals surface area contributed by atoms with E-state index in [2.05, 4.69) is 15.9 Å². The monoisotopic (exact) mass is 392 g/mol. The molecule has 1 heterocycles. The molecule has 0 saturated carbocycles. The van der Waals surface area contributed by atoms with Crippen LogP contribution in [0.5, 0.6) is 11.5 Å². The lowest BCUT2D eigenvalue weighted by atomic mass is 9.93. The standard InChI is InChI=1S/C15H21BrN2O3.ClH/c1-15(2,8-17)9-18(3)14(19)10-6-11(16)13-12(7-10)20-4-5-21-13;/h6-7H,4-5,8-9,17H2,1-3H3;1H. The molecule has 22 heavy (non-hydrogen) atoms. The number of nitrogens with zero attached hydrogens (tertiary/aromatic N) is 1. The number of ether oxygens (including phenoxy) is 2. The Hall–Kier alpha value is -0.980. The maximum Gasteiger partial charge on any atom is 0.253 e. The third kappa shape index (κ3) is 4.27. The fraction of sp³-hybridized carbons (Fsp3) is 0.533. The first-order valence-corrected chi connectivity index (χ1v) is 7.68. The summed E-state index contributed by atoms with van der Waals surface area (Å²) < 4.78 is 11.8.